The van der Waals surface area contributed by atoms with Crippen LogP contribution in [-0.4, -0.2) is 10.7 Å². The van der Waals surface area contributed by atoms with Gasteiger partial charge in [-0.1, -0.05) is 42.5 Å². The van der Waals surface area contributed by atoms with Gasteiger partial charge >= 0.3 is 0 Å². The Kier molecular flexibility index (Phi) is 4.41. The van der Waals surface area contributed by atoms with E-state index in [0.717, 1.165) is 11.3 Å². The average molecular weight is 322 g/mol. The predicted molar refractivity (Wildman–Crippen MR) is 89.7 cm³/mol. The molecule has 0 fully saturated rings. The summed E-state index contributed by atoms with van der Waals surface area (Å²) in [4.78, 5) is 4.42. The normalized spacial score (nSPS) is 11.0. The van der Waals surface area contributed by atoms with Crippen molar-refractivity contribution < 1.29 is 4.39 Å². The molecule has 1 aromatic heterocycles. The molecule has 0 amide bonds. The van der Waals surface area contributed by atoms with Gasteiger partial charge in [-0.25, -0.2) is 9.37 Å². The highest BCUT2D eigenvalue weighted by molar-refractivity contribution is 7.12. The number of hydrogen-bond acceptors (Lipinski definition) is 5. The van der Waals surface area contributed by atoms with Crippen molar-refractivity contribution in [1.29, 1.82) is 5.26 Å². The monoisotopic (exact) mass is 322 g/mol. The molecule has 112 valence electrons. The van der Waals surface area contributed by atoms with E-state index in [1.807, 2.05) is 41.8 Å². The molecule has 0 saturated carbocycles. The molecule has 0 aliphatic rings. The van der Waals surface area contributed by atoms with Gasteiger partial charge in [0.1, 0.15) is 11.9 Å². The van der Waals surface area contributed by atoms with Crippen molar-refractivity contribution in [3.05, 3.63) is 70.8 Å². The molecule has 0 bridgehead atoms. The first-order chi connectivity index (χ1) is 11.3. The van der Waals surface area contributed by atoms with Crippen LogP contribution < -0.4 is 5.43 Å². The smallest absolute Gasteiger partial charge is 0.196 e. The number of hydrogen-bond donors (Lipinski definition) is 1. The minimum absolute atomic E-state index is 0.112. The molecule has 3 aromatic rings. The number of para-hydroxylation sites is 1. The van der Waals surface area contributed by atoms with E-state index in [1.54, 1.807) is 18.2 Å². The van der Waals surface area contributed by atoms with Crippen LogP contribution in [0.15, 0.2) is 65.1 Å². The van der Waals surface area contributed by atoms with Crippen molar-refractivity contribution >= 4 is 22.7 Å². The van der Waals surface area contributed by atoms with Gasteiger partial charge in [0.05, 0.1) is 11.4 Å². The van der Waals surface area contributed by atoms with Crippen LogP contribution >= 0.6 is 11.3 Å². The number of hydrazone groups is 1. The first kappa shape index (κ1) is 14.9. The van der Waals surface area contributed by atoms with Gasteiger partial charge in [0, 0.05) is 10.9 Å². The van der Waals surface area contributed by atoms with Crippen LogP contribution in [0.1, 0.15) is 5.01 Å². The number of rotatable bonds is 4. The number of benzene rings is 2. The number of nitrogens with one attached hydrogen (secondary N) is 1. The summed E-state index contributed by atoms with van der Waals surface area (Å²) in [6.45, 7) is 0. The minimum atomic E-state index is -0.433. The Morgan fingerprint density at radius 2 is 1.87 bits per heavy atom. The molecule has 3 rings (SSSR count). The van der Waals surface area contributed by atoms with E-state index in [9.17, 15) is 9.65 Å². The number of thiazole rings is 1. The summed E-state index contributed by atoms with van der Waals surface area (Å²) in [5, 5.41) is 15.6. The molecule has 0 spiro atoms. The largest absolute Gasteiger partial charge is 0.274 e. The fourth-order valence-electron chi connectivity index (χ4n) is 1.91. The van der Waals surface area contributed by atoms with Crippen LogP contribution in [-0.2, 0) is 0 Å². The quantitative estimate of drug-likeness (QED) is 0.576. The predicted octanol–water partition coefficient (Wildman–Crippen LogP) is 4.29. The zero-order chi connectivity index (χ0) is 16.1. The van der Waals surface area contributed by atoms with Gasteiger partial charge in [-0.15, -0.1) is 11.3 Å². The van der Waals surface area contributed by atoms with Gasteiger partial charge in [0.2, 0.25) is 0 Å². The van der Waals surface area contributed by atoms with Crippen molar-refractivity contribution in [2.45, 2.75) is 0 Å². The summed E-state index contributed by atoms with van der Waals surface area (Å²) in [7, 11) is 0. The Morgan fingerprint density at radius 3 is 2.61 bits per heavy atom. The molecule has 0 atom stereocenters. The lowest BCUT2D eigenvalue weighted by atomic mass is 10.2. The summed E-state index contributed by atoms with van der Waals surface area (Å²) in [5.41, 5.74) is 4.63. The highest BCUT2D eigenvalue weighted by Gasteiger charge is 2.10. The van der Waals surface area contributed by atoms with Crippen molar-refractivity contribution in [1.82, 2.24) is 4.98 Å². The van der Waals surface area contributed by atoms with Crippen molar-refractivity contribution in [2.75, 3.05) is 5.43 Å². The van der Waals surface area contributed by atoms with Crippen LogP contribution in [0.25, 0.3) is 11.3 Å². The number of aromatic nitrogens is 1. The molecule has 4 nitrogen and oxygen atoms in total. The second-order valence-electron chi connectivity index (χ2n) is 4.57. The maximum Gasteiger partial charge on any atom is 0.196 e. The Bertz CT molecular complexity index is 881. The van der Waals surface area contributed by atoms with Crippen LogP contribution in [0.5, 0.6) is 0 Å². The standard InChI is InChI=1S/C17H11FN4S/c18-13-8-4-5-9-14(13)21-22-15(10-19)17-20-16(11-23-17)12-6-2-1-3-7-12/h1-9,11,21H. The summed E-state index contributed by atoms with van der Waals surface area (Å²) in [5.74, 6) is -0.433. The van der Waals surface area contributed by atoms with E-state index in [0.29, 0.717) is 5.01 Å². The molecular formula is C17H11FN4S. The maximum atomic E-state index is 13.5. The molecule has 0 radical (unpaired) electrons. The van der Waals surface area contributed by atoms with Crippen LogP contribution in [0, 0.1) is 17.1 Å². The SMILES string of the molecule is N#CC(=NNc1ccccc1F)c1nc(-c2ccccc2)cs1. The third kappa shape index (κ3) is 3.42. The molecule has 1 N–H and O–H groups in total. The van der Waals surface area contributed by atoms with Crippen LogP contribution in [0.2, 0.25) is 0 Å². The van der Waals surface area contributed by atoms with Crippen molar-refractivity contribution in [2.24, 2.45) is 5.10 Å². The van der Waals surface area contributed by atoms with Gasteiger partial charge < -0.3 is 0 Å². The molecule has 23 heavy (non-hydrogen) atoms. The highest BCUT2D eigenvalue weighted by atomic mass is 32.1. The van der Waals surface area contributed by atoms with E-state index >= 15 is 0 Å². The van der Waals surface area contributed by atoms with Gasteiger partial charge in [-0.05, 0) is 12.1 Å². The lowest BCUT2D eigenvalue weighted by Crippen LogP contribution is -2.02. The van der Waals surface area contributed by atoms with Gasteiger partial charge in [-0.3, -0.25) is 5.43 Å². The van der Waals surface area contributed by atoms with Gasteiger partial charge in [0.15, 0.2) is 10.7 Å². The Hall–Kier alpha value is -3.04. The number of nitrogens with zero attached hydrogens (tertiary/aromatic N) is 3. The molecule has 2 aromatic carbocycles. The maximum absolute atomic E-state index is 13.5. The van der Waals surface area contributed by atoms with E-state index in [-0.39, 0.29) is 11.4 Å². The molecule has 1 heterocycles. The van der Waals surface area contributed by atoms with E-state index in [4.69, 9.17) is 0 Å². The molecule has 0 unspecified atom stereocenters. The summed E-state index contributed by atoms with van der Waals surface area (Å²) in [6, 6.07) is 17.8. The number of anilines is 1. The molecule has 0 aliphatic carbocycles. The highest BCUT2D eigenvalue weighted by Crippen LogP contribution is 2.22. The lowest BCUT2D eigenvalue weighted by molar-refractivity contribution is 0.630. The van der Waals surface area contributed by atoms with Crippen LogP contribution in [0.3, 0.4) is 0 Å². The van der Waals surface area contributed by atoms with Crippen molar-refractivity contribution in [3.63, 3.8) is 0 Å². The van der Waals surface area contributed by atoms with Crippen molar-refractivity contribution in [3.8, 4) is 17.3 Å². The van der Waals surface area contributed by atoms with Gasteiger partial charge in [0.25, 0.3) is 0 Å². The van der Waals surface area contributed by atoms with E-state index < -0.39 is 5.82 Å². The Morgan fingerprint density at radius 1 is 1.13 bits per heavy atom. The number of halogens is 1. The molecular weight excluding hydrogens is 311 g/mol. The van der Waals surface area contributed by atoms with Crippen LogP contribution in [0.4, 0.5) is 10.1 Å². The molecule has 0 saturated heterocycles. The molecule has 0 aliphatic heterocycles. The minimum Gasteiger partial charge on any atom is -0.274 e. The average Bonchev–Trinajstić information content (AvgIpc) is 3.08. The van der Waals surface area contributed by atoms with Gasteiger partial charge in [-0.2, -0.15) is 10.4 Å². The second kappa shape index (κ2) is 6.81. The zero-order valence-corrected chi connectivity index (χ0v) is 12.7. The third-order valence-corrected chi connectivity index (χ3v) is 3.89. The summed E-state index contributed by atoms with van der Waals surface area (Å²) >= 11 is 1.32. The summed E-state index contributed by atoms with van der Waals surface area (Å²) < 4.78 is 13.5. The number of nitriles is 1. The second-order valence-corrected chi connectivity index (χ2v) is 5.43. The molecule has 6 heteroatoms. The fourth-order valence-corrected chi connectivity index (χ4v) is 2.68. The Labute approximate surface area is 136 Å². The van der Waals surface area contributed by atoms with E-state index in [2.05, 4.69) is 15.5 Å². The third-order valence-electron chi connectivity index (χ3n) is 3.04. The first-order valence-electron chi connectivity index (χ1n) is 6.77. The topological polar surface area (TPSA) is 61.1 Å². The van der Waals surface area contributed by atoms with E-state index in [1.165, 1.54) is 17.4 Å². The lowest BCUT2D eigenvalue weighted by Gasteiger charge is -2.01. The Balaban J connectivity index is 1.85. The first-order valence-corrected chi connectivity index (χ1v) is 7.65. The fraction of sp³-hybridized carbons (Fsp3) is 0. The summed E-state index contributed by atoms with van der Waals surface area (Å²) in [6.07, 6.45) is 0. The zero-order valence-electron chi connectivity index (χ0n) is 11.9.